The van der Waals surface area contributed by atoms with E-state index in [2.05, 4.69) is 69.0 Å². The average molecular weight is 1870 g/mol. The number of hydrogen-bond donors (Lipinski definition) is 5. The molecule has 0 aromatic heterocycles. The molecule has 0 heterocycles. The zero-order valence-corrected chi connectivity index (χ0v) is 81.5. The fourth-order valence-electron chi connectivity index (χ4n) is 9.55. The van der Waals surface area contributed by atoms with E-state index in [1.807, 2.05) is 67.5 Å². The van der Waals surface area contributed by atoms with Gasteiger partial charge in [-0.3, -0.25) is 43.2 Å². The first-order valence-corrected chi connectivity index (χ1v) is 46.2. The minimum atomic E-state index is -1.02. The molecule has 33 heteroatoms. The van der Waals surface area contributed by atoms with Crippen molar-refractivity contribution in [2.24, 2.45) is 22.7 Å². The van der Waals surface area contributed by atoms with Crippen molar-refractivity contribution in [3.63, 3.8) is 0 Å². The molecule has 5 N–H and O–H groups in total. The number of nitrogens with one attached hydrogen (secondary N) is 2. The summed E-state index contributed by atoms with van der Waals surface area (Å²) in [6, 6.07) is 7.37. The lowest BCUT2D eigenvalue weighted by Crippen LogP contribution is -2.37. The molecular formula is C98H164N2O31. The van der Waals surface area contributed by atoms with Crippen molar-refractivity contribution in [1.82, 2.24) is 10.6 Å². The van der Waals surface area contributed by atoms with E-state index < -0.39 is 53.6 Å². The maximum Gasteiger partial charge on any atom is 0.338 e. The molecule has 0 aliphatic heterocycles. The normalized spacial score (nSPS) is 12.0. The Morgan fingerprint density at radius 3 is 1.24 bits per heavy atom. The van der Waals surface area contributed by atoms with E-state index in [0.29, 0.717) is 162 Å². The van der Waals surface area contributed by atoms with Crippen LogP contribution < -0.4 is 10.6 Å². The third-order valence-corrected chi connectivity index (χ3v) is 19.9. The van der Waals surface area contributed by atoms with Crippen LogP contribution in [0.4, 0.5) is 0 Å². The van der Waals surface area contributed by atoms with E-state index in [4.69, 9.17) is 66.3 Å². The Kier molecular flexibility index (Phi) is 81.9. The topological polar surface area (TPSA) is 445 Å². The lowest BCUT2D eigenvalue weighted by atomic mass is 9.82. The van der Waals surface area contributed by atoms with Crippen LogP contribution in [0.2, 0.25) is 0 Å². The van der Waals surface area contributed by atoms with Crippen molar-refractivity contribution in [1.29, 1.82) is 0 Å². The Bertz CT molecular complexity index is 3340. The zero-order valence-electron chi connectivity index (χ0n) is 81.5. The van der Waals surface area contributed by atoms with Crippen molar-refractivity contribution in [3.8, 4) is 0 Å². The van der Waals surface area contributed by atoms with Gasteiger partial charge in [-0.2, -0.15) is 0 Å². The van der Waals surface area contributed by atoms with Crippen LogP contribution in [0, 0.1) is 22.7 Å². The van der Waals surface area contributed by atoms with Gasteiger partial charge in [0, 0.05) is 88.2 Å². The molecular weight excluding hydrogens is 1700 g/mol. The summed E-state index contributed by atoms with van der Waals surface area (Å²) < 4.78 is 76.4. The van der Waals surface area contributed by atoms with Gasteiger partial charge in [0.25, 0.3) is 0 Å². The summed E-state index contributed by atoms with van der Waals surface area (Å²) in [5.74, 6) is -4.06. The van der Waals surface area contributed by atoms with Gasteiger partial charge in [-0.15, -0.1) is 0 Å². The molecule has 2 amide bonds. The maximum absolute atomic E-state index is 12.1. The van der Waals surface area contributed by atoms with Gasteiger partial charge in [-0.25, -0.2) is 19.2 Å². The molecule has 0 saturated heterocycles. The molecule has 33 nitrogen and oxygen atoms in total. The van der Waals surface area contributed by atoms with Crippen molar-refractivity contribution in [2.75, 3.05) is 139 Å². The standard InChI is InChI=1S/C25H42O9.C22H32O6.C20H34O6.C19H36N2O5.C12H20O5/c1-5-20(4)25(30)32-16-11-7-8-12-22(27)31-15-10-6-9-13-23(28)34-18-21(26)14-17-33-24(29)19(2)3;1-5-20(24)27-14-8-7-13-26-15-19(23)16-28-21(25)17-9-11-18(12-10-17)22(3,4)6-2;1-4-14-24-18(21)12-8-6-10-15-25-19(22)13-9-7-11-16-26-20(23)17(3)5-2;1-5-17(22)20-9-7-11-24-13-15-26-16-14-25-12-8-10-21-18(23)19(3,4)6-2;1-5-10(14)16-7-9(13)8-17-11(15)12(3,4)6-2/h20-21,26H,2,5-18H2,1,3-4H3;5,9-12,19,23H,1,6-8,13-16H2,2-4H3;4,17H,1,5-16H2,2-3H3;5H,1,6-16H2,2-4H3,(H,20,22)(H,21,23);5,9,13H,1,6-8H2,2-4H3. The number of ether oxygens (including phenoxy) is 15. The van der Waals surface area contributed by atoms with Crippen LogP contribution in [-0.2, 0) is 134 Å². The second-order valence-electron chi connectivity index (χ2n) is 32.7. The number of aliphatic hydroxyl groups is 3. The van der Waals surface area contributed by atoms with E-state index >= 15 is 0 Å². The summed E-state index contributed by atoms with van der Waals surface area (Å²) in [5, 5.41) is 34.6. The lowest BCUT2D eigenvalue weighted by molar-refractivity contribution is -0.159. The van der Waals surface area contributed by atoms with E-state index in [9.17, 15) is 77.6 Å². The van der Waals surface area contributed by atoms with E-state index in [1.54, 1.807) is 26.0 Å². The Morgan fingerprint density at radius 2 is 0.786 bits per heavy atom. The highest BCUT2D eigenvalue weighted by Gasteiger charge is 2.29. The Labute approximate surface area is 780 Å². The van der Waals surface area contributed by atoms with E-state index in [-0.39, 0.29) is 135 Å². The molecule has 0 aliphatic carbocycles. The molecule has 0 saturated carbocycles. The first-order valence-electron chi connectivity index (χ1n) is 46.2. The van der Waals surface area contributed by atoms with Gasteiger partial charge in [-0.05, 0) is 185 Å². The number of benzene rings is 1. The molecule has 0 spiro atoms. The zero-order chi connectivity index (χ0) is 99.5. The molecule has 1 aromatic rings. The van der Waals surface area contributed by atoms with E-state index in [1.165, 1.54) is 24.6 Å². The predicted octanol–water partition coefficient (Wildman–Crippen LogP) is 13.8. The summed E-state index contributed by atoms with van der Waals surface area (Å²) in [6.45, 7) is 50.1. The van der Waals surface area contributed by atoms with Gasteiger partial charge in [0.05, 0.1) is 102 Å². The van der Waals surface area contributed by atoms with Crippen LogP contribution >= 0.6 is 0 Å². The number of carbonyl (C=O) groups excluding carboxylic acids is 13. The molecule has 5 unspecified atom stereocenters. The summed E-state index contributed by atoms with van der Waals surface area (Å²) in [4.78, 5) is 148. The quantitative estimate of drug-likeness (QED) is 0.0133. The van der Waals surface area contributed by atoms with Crippen molar-refractivity contribution < 1.29 is 149 Å². The molecule has 0 aliphatic rings. The Balaban J connectivity index is -0.000000780. The van der Waals surface area contributed by atoms with Crippen LogP contribution in [0.1, 0.15) is 280 Å². The van der Waals surface area contributed by atoms with Crippen molar-refractivity contribution in [3.05, 3.63) is 98.2 Å². The molecule has 0 radical (unpaired) electrons. The van der Waals surface area contributed by atoms with Gasteiger partial charge < -0.3 is 97.0 Å². The van der Waals surface area contributed by atoms with Crippen molar-refractivity contribution in [2.45, 2.75) is 288 Å². The lowest BCUT2D eigenvalue weighted by Gasteiger charge is -2.23. The SMILES string of the molecule is C=C(C)C(=O)OCCC(O)COC(=O)CCCCCOC(=O)CCCCCOC(=O)C(C)CC.C=CC(=O)NCCCOCCOCCOCCCNC(=O)C(C)(C)CC.C=CC(=O)OCC(O)COC(=O)C(C)(C)CC.C=CC(=O)OCCCCOCC(O)COC(=O)c1ccc(C(C)(C)CC)cc1.C=CCOC(=O)CCCCCOC(=O)CCCCCOC(=O)C(C)CC. The fraction of sp³-hybridized carbons (Fsp3) is 0.704. The third-order valence-electron chi connectivity index (χ3n) is 19.9. The summed E-state index contributed by atoms with van der Waals surface area (Å²) in [7, 11) is 0. The van der Waals surface area contributed by atoms with Crippen LogP contribution in [0.3, 0.4) is 0 Å². The Morgan fingerprint density at radius 1 is 0.389 bits per heavy atom. The van der Waals surface area contributed by atoms with Gasteiger partial charge in [0.1, 0.15) is 45.2 Å². The smallest absolute Gasteiger partial charge is 0.338 e. The predicted molar refractivity (Wildman–Crippen MR) is 497 cm³/mol. The number of rotatable bonds is 73. The first-order chi connectivity index (χ1) is 62.2. The average Bonchev–Trinajstić information content (AvgIpc) is 0.838. The Hall–Kier alpha value is -9.25. The minimum Gasteiger partial charge on any atom is -0.466 e. The van der Waals surface area contributed by atoms with Gasteiger partial charge in [-0.1, -0.05) is 127 Å². The fourth-order valence-corrected chi connectivity index (χ4v) is 9.55. The minimum absolute atomic E-state index is 0.0247. The van der Waals surface area contributed by atoms with Gasteiger partial charge >= 0.3 is 65.7 Å². The number of hydrogen-bond acceptors (Lipinski definition) is 31. The molecule has 1 rings (SSSR count). The van der Waals surface area contributed by atoms with Gasteiger partial charge in [0.2, 0.25) is 11.8 Å². The number of aliphatic hydroxyl groups excluding tert-OH is 3. The third kappa shape index (κ3) is 78.0. The molecule has 131 heavy (non-hydrogen) atoms. The monoisotopic (exact) mass is 1870 g/mol. The van der Waals surface area contributed by atoms with E-state index in [0.717, 1.165) is 102 Å². The van der Waals surface area contributed by atoms with Crippen LogP contribution in [0.25, 0.3) is 0 Å². The number of esters is 11. The molecule has 0 fully saturated rings. The number of carbonyl (C=O) groups is 13. The molecule has 1 aromatic carbocycles. The number of amides is 2. The number of unbranched alkanes of at least 4 members (excludes halogenated alkanes) is 9. The summed E-state index contributed by atoms with van der Waals surface area (Å²) >= 11 is 0. The maximum atomic E-state index is 12.1. The highest BCUT2D eigenvalue weighted by atomic mass is 16.6. The summed E-state index contributed by atoms with van der Waals surface area (Å²) in [6.07, 6.45) is 19.3. The molecule has 752 valence electrons. The van der Waals surface area contributed by atoms with Crippen molar-refractivity contribution >= 4 is 77.5 Å². The second-order valence-corrected chi connectivity index (χ2v) is 32.7. The van der Waals surface area contributed by atoms with Crippen LogP contribution in [0.5, 0.6) is 0 Å². The molecule has 5 atom stereocenters. The summed E-state index contributed by atoms with van der Waals surface area (Å²) in [5.41, 5.74) is 1.08. The van der Waals surface area contributed by atoms with Crippen LogP contribution in [-0.4, -0.2) is 250 Å². The highest BCUT2D eigenvalue weighted by molar-refractivity contribution is 5.89. The largest absolute Gasteiger partial charge is 0.466 e. The first kappa shape index (κ1) is 128. The van der Waals surface area contributed by atoms with Gasteiger partial charge in [0.15, 0.2) is 0 Å². The second kappa shape index (κ2) is 83.8. The van der Waals surface area contributed by atoms with Crippen LogP contribution in [0.15, 0.2) is 87.0 Å². The highest BCUT2D eigenvalue weighted by Crippen LogP contribution is 2.27. The molecule has 0 bridgehead atoms.